The van der Waals surface area contributed by atoms with Crippen molar-refractivity contribution in [3.63, 3.8) is 0 Å². The molecule has 9 heteroatoms. The lowest BCUT2D eigenvalue weighted by atomic mass is 9.90. The Balaban J connectivity index is 1.33. The lowest BCUT2D eigenvalue weighted by Crippen LogP contribution is -2.43. The molecule has 8 nitrogen and oxygen atoms in total. The summed E-state index contributed by atoms with van der Waals surface area (Å²) in [5.74, 6) is 1.05. The van der Waals surface area contributed by atoms with Crippen molar-refractivity contribution in [1.82, 2.24) is 4.90 Å². The van der Waals surface area contributed by atoms with Gasteiger partial charge in [-0.25, -0.2) is 4.79 Å². The Morgan fingerprint density at radius 3 is 2.53 bits per heavy atom. The standard InChI is InChI=1S/C29H30ClN3O5/c30-25-12-9-23(32-29(35)36-17-19-4-2-1-3-5-19)14-21(25)16-33(24-10-7-22(31)8-11-24)28(34)20-6-13-26-27(15-20)38-18-37-26/h1-6,9,12-15,22,24H,7-8,10-11,16-18,31H2,(H,32,35). The van der Waals surface area contributed by atoms with Crippen LogP contribution in [0.1, 0.15) is 47.2 Å². The maximum absolute atomic E-state index is 13.8. The van der Waals surface area contributed by atoms with E-state index in [0.29, 0.717) is 27.8 Å². The van der Waals surface area contributed by atoms with Gasteiger partial charge in [0.1, 0.15) is 6.61 Å². The van der Waals surface area contributed by atoms with Gasteiger partial charge in [-0.1, -0.05) is 41.9 Å². The van der Waals surface area contributed by atoms with E-state index in [2.05, 4.69) is 5.32 Å². The second-order valence-electron chi connectivity index (χ2n) is 9.56. The highest BCUT2D eigenvalue weighted by Gasteiger charge is 2.30. The molecule has 1 heterocycles. The number of hydrogen-bond donors (Lipinski definition) is 2. The molecular weight excluding hydrogens is 506 g/mol. The van der Waals surface area contributed by atoms with Gasteiger partial charge in [-0.2, -0.15) is 0 Å². The molecule has 2 amide bonds. The number of fused-ring (bicyclic) bond motifs is 1. The lowest BCUT2D eigenvalue weighted by Gasteiger charge is -2.36. The number of nitrogens with one attached hydrogen (secondary N) is 1. The molecule has 1 aliphatic heterocycles. The fourth-order valence-corrected chi connectivity index (χ4v) is 4.99. The predicted molar refractivity (Wildman–Crippen MR) is 144 cm³/mol. The largest absolute Gasteiger partial charge is 0.454 e. The molecule has 0 bridgehead atoms. The third kappa shape index (κ3) is 6.20. The molecule has 3 aromatic carbocycles. The minimum atomic E-state index is -0.573. The van der Waals surface area contributed by atoms with E-state index in [1.165, 1.54) is 0 Å². The number of ether oxygens (including phenoxy) is 3. The second-order valence-corrected chi connectivity index (χ2v) is 9.97. The van der Waals surface area contributed by atoms with Gasteiger partial charge < -0.3 is 24.8 Å². The number of halogens is 1. The Bertz CT molecular complexity index is 1290. The normalized spacial score (nSPS) is 18.1. The quantitative estimate of drug-likeness (QED) is 0.400. The van der Waals surface area contributed by atoms with Crippen LogP contribution in [0.15, 0.2) is 66.7 Å². The molecule has 1 aliphatic carbocycles. The van der Waals surface area contributed by atoms with E-state index in [4.69, 9.17) is 31.5 Å². The third-order valence-corrected chi connectivity index (χ3v) is 7.28. The summed E-state index contributed by atoms with van der Waals surface area (Å²) in [6, 6.07) is 20.0. The van der Waals surface area contributed by atoms with Gasteiger partial charge >= 0.3 is 6.09 Å². The van der Waals surface area contributed by atoms with E-state index in [0.717, 1.165) is 36.8 Å². The Hall–Kier alpha value is -3.75. The lowest BCUT2D eigenvalue weighted by molar-refractivity contribution is 0.0606. The van der Waals surface area contributed by atoms with E-state index >= 15 is 0 Å². The molecule has 0 saturated heterocycles. The monoisotopic (exact) mass is 535 g/mol. The van der Waals surface area contributed by atoms with Crippen molar-refractivity contribution in [2.75, 3.05) is 12.1 Å². The molecule has 5 rings (SSSR count). The van der Waals surface area contributed by atoms with Crippen molar-refractivity contribution < 1.29 is 23.8 Å². The first kappa shape index (κ1) is 25.9. The minimum Gasteiger partial charge on any atom is -0.454 e. The van der Waals surface area contributed by atoms with Crippen LogP contribution in [0.3, 0.4) is 0 Å². The topological polar surface area (TPSA) is 103 Å². The van der Waals surface area contributed by atoms with Crippen molar-refractivity contribution in [2.24, 2.45) is 5.73 Å². The van der Waals surface area contributed by atoms with Gasteiger partial charge in [0.25, 0.3) is 5.91 Å². The van der Waals surface area contributed by atoms with Gasteiger partial charge in [0, 0.05) is 34.9 Å². The number of anilines is 1. The summed E-state index contributed by atoms with van der Waals surface area (Å²) in [4.78, 5) is 28.0. The first-order valence-electron chi connectivity index (χ1n) is 12.7. The van der Waals surface area contributed by atoms with Gasteiger partial charge in [-0.15, -0.1) is 0 Å². The number of amides is 2. The van der Waals surface area contributed by atoms with Crippen LogP contribution in [-0.2, 0) is 17.9 Å². The summed E-state index contributed by atoms with van der Waals surface area (Å²) >= 11 is 6.57. The summed E-state index contributed by atoms with van der Waals surface area (Å²) in [5, 5.41) is 3.26. The van der Waals surface area contributed by atoms with E-state index in [9.17, 15) is 9.59 Å². The highest BCUT2D eigenvalue weighted by molar-refractivity contribution is 6.31. The fraction of sp³-hybridized carbons (Fsp3) is 0.310. The summed E-state index contributed by atoms with van der Waals surface area (Å²) < 4.78 is 16.2. The SMILES string of the molecule is NC1CCC(N(Cc2cc(NC(=O)OCc3ccccc3)ccc2Cl)C(=O)c2ccc3c(c2)OCO3)CC1. The summed E-state index contributed by atoms with van der Waals surface area (Å²) in [6.07, 6.45) is 2.73. The third-order valence-electron chi connectivity index (χ3n) is 6.91. The first-order valence-corrected chi connectivity index (χ1v) is 13.1. The van der Waals surface area contributed by atoms with Crippen molar-refractivity contribution in [1.29, 1.82) is 0 Å². The molecule has 1 fully saturated rings. The van der Waals surface area contributed by atoms with Crippen molar-refractivity contribution >= 4 is 29.3 Å². The summed E-state index contributed by atoms with van der Waals surface area (Å²) in [5.41, 5.74) is 8.80. The van der Waals surface area contributed by atoms with Gasteiger partial charge in [-0.3, -0.25) is 10.1 Å². The molecule has 3 aromatic rings. The van der Waals surface area contributed by atoms with Gasteiger partial charge in [0.2, 0.25) is 6.79 Å². The predicted octanol–water partition coefficient (Wildman–Crippen LogP) is 5.73. The maximum Gasteiger partial charge on any atom is 0.411 e. The van der Waals surface area contributed by atoms with Crippen LogP contribution in [-0.4, -0.2) is 35.8 Å². The smallest absolute Gasteiger partial charge is 0.411 e. The zero-order valence-electron chi connectivity index (χ0n) is 20.9. The molecular formula is C29H30ClN3O5. The molecule has 198 valence electrons. The van der Waals surface area contributed by atoms with E-state index in [1.807, 2.05) is 35.2 Å². The van der Waals surface area contributed by atoms with Crippen LogP contribution in [0.2, 0.25) is 5.02 Å². The molecule has 0 aromatic heterocycles. The summed E-state index contributed by atoms with van der Waals surface area (Å²) in [7, 11) is 0. The Morgan fingerprint density at radius 2 is 1.74 bits per heavy atom. The van der Waals surface area contributed by atoms with E-state index in [1.54, 1.807) is 36.4 Å². The van der Waals surface area contributed by atoms with Crippen molar-refractivity contribution in [3.8, 4) is 11.5 Å². The van der Waals surface area contributed by atoms with Crippen LogP contribution in [0.4, 0.5) is 10.5 Å². The van der Waals surface area contributed by atoms with Crippen LogP contribution in [0.5, 0.6) is 11.5 Å². The number of rotatable bonds is 7. The van der Waals surface area contributed by atoms with Crippen LogP contribution in [0, 0.1) is 0 Å². The molecule has 0 atom stereocenters. The Kier molecular flexibility index (Phi) is 8.00. The highest BCUT2D eigenvalue weighted by Crippen LogP contribution is 2.34. The minimum absolute atomic E-state index is 0.0104. The summed E-state index contributed by atoms with van der Waals surface area (Å²) in [6.45, 7) is 0.579. The second kappa shape index (κ2) is 11.8. The first-order chi connectivity index (χ1) is 18.5. The number of hydrogen-bond acceptors (Lipinski definition) is 6. The number of carbonyl (C=O) groups excluding carboxylic acids is 2. The molecule has 0 spiro atoms. The van der Waals surface area contributed by atoms with Crippen LogP contribution >= 0.6 is 11.6 Å². The maximum atomic E-state index is 13.8. The van der Waals surface area contributed by atoms with Crippen molar-refractivity contribution in [2.45, 2.75) is 50.9 Å². The average Bonchev–Trinajstić information content (AvgIpc) is 3.41. The van der Waals surface area contributed by atoms with Gasteiger partial charge in [0.05, 0.1) is 0 Å². The van der Waals surface area contributed by atoms with Gasteiger partial charge in [0.15, 0.2) is 11.5 Å². The molecule has 3 N–H and O–H groups in total. The molecule has 1 saturated carbocycles. The number of carbonyl (C=O) groups is 2. The number of benzene rings is 3. The molecule has 0 radical (unpaired) electrons. The highest BCUT2D eigenvalue weighted by atomic mass is 35.5. The zero-order valence-corrected chi connectivity index (χ0v) is 21.7. The average molecular weight is 536 g/mol. The molecule has 0 unspecified atom stereocenters. The van der Waals surface area contributed by atoms with E-state index in [-0.39, 0.29) is 37.9 Å². The van der Waals surface area contributed by atoms with Crippen molar-refractivity contribution in [3.05, 3.63) is 88.4 Å². The molecule has 38 heavy (non-hydrogen) atoms. The van der Waals surface area contributed by atoms with E-state index < -0.39 is 6.09 Å². The fourth-order valence-electron chi connectivity index (χ4n) is 4.81. The van der Waals surface area contributed by atoms with Crippen LogP contribution in [0.25, 0.3) is 0 Å². The number of nitrogens with two attached hydrogens (primary N) is 1. The van der Waals surface area contributed by atoms with Gasteiger partial charge in [-0.05, 0) is 73.2 Å². The molecule has 2 aliphatic rings. The Morgan fingerprint density at radius 1 is 0.974 bits per heavy atom. The number of nitrogens with zero attached hydrogens (tertiary/aromatic N) is 1. The zero-order chi connectivity index (χ0) is 26.5. The Labute approximate surface area is 226 Å². The van der Waals surface area contributed by atoms with Crippen LogP contribution < -0.4 is 20.5 Å².